The molecule has 2 nitrogen and oxygen atoms in total. The molecule has 1 aromatic rings. The van der Waals surface area contributed by atoms with E-state index in [4.69, 9.17) is 5.73 Å². The van der Waals surface area contributed by atoms with Crippen molar-refractivity contribution >= 4 is 0 Å². The van der Waals surface area contributed by atoms with Crippen LogP contribution in [0.2, 0.25) is 0 Å². The maximum absolute atomic E-state index is 10.2. The molecule has 1 aliphatic rings. The summed E-state index contributed by atoms with van der Waals surface area (Å²) in [5.41, 5.74) is 8.03. The second kappa shape index (κ2) is 5.26. The van der Waals surface area contributed by atoms with E-state index < -0.39 is 5.60 Å². The highest BCUT2D eigenvalue weighted by Gasteiger charge is 2.32. The van der Waals surface area contributed by atoms with Crippen molar-refractivity contribution in [1.82, 2.24) is 0 Å². The maximum Gasteiger partial charge on any atom is 0.0769 e. The van der Waals surface area contributed by atoms with Crippen LogP contribution in [0, 0.1) is 0 Å². The highest BCUT2D eigenvalue weighted by Crippen LogP contribution is 2.38. The minimum Gasteiger partial charge on any atom is -0.389 e. The molecule has 0 heterocycles. The normalized spacial score (nSPS) is 28.4. The largest absolute Gasteiger partial charge is 0.389 e. The average molecular weight is 261 g/mol. The van der Waals surface area contributed by atoms with Crippen LogP contribution in [-0.2, 0) is 5.41 Å². The Balaban J connectivity index is 2.04. The number of hydrogen-bond donors (Lipinski definition) is 2. The van der Waals surface area contributed by atoms with Gasteiger partial charge in [0.15, 0.2) is 0 Å². The molecular weight excluding hydrogens is 234 g/mol. The van der Waals surface area contributed by atoms with E-state index >= 15 is 0 Å². The first-order valence-electron chi connectivity index (χ1n) is 7.37. The Morgan fingerprint density at radius 1 is 1.16 bits per heavy atom. The van der Waals surface area contributed by atoms with Gasteiger partial charge in [0, 0.05) is 6.54 Å². The van der Waals surface area contributed by atoms with E-state index in [-0.39, 0.29) is 5.41 Å². The van der Waals surface area contributed by atoms with Gasteiger partial charge >= 0.3 is 0 Å². The van der Waals surface area contributed by atoms with Crippen molar-refractivity contribution in [3.05, 3.63) is 35.4 Å². The van der Waals surface area contributed by atoms with Crippen LogP contribution in [0.25, 0.3) is 0 Å². The van der Waals surface area contributed by atoms with Crippen LogP contribution in [0.3, 0.4) is 0 Å². The summed E-state index contributed by atoms with van der Waals surface area (Å²) in [4.78, 5) is 0. The Morgan fingerprint density at radius 3 is 2.11 bits per heavy atom. The Hall–Kier alpha value is -0.860. The highest BCUT2D eigenvalue weighted by molar-refractivity contribution is 5.29. The fourth-order valence-corrected chi connectivity index (χ4v) is 2.95. The van der Waals surface area contributed by atoms with Gasteiger partial charge in [0.1, 0.15) is 0 Å². The molecule has 3 N–H and O–H groups in total. The van der Waals surface area contributed by atoms with E-state index in [1.807, 2.05) is 0 Å². The lowest BCUT2D eigenvalue weighted by atomic mass is 9.75. The lowest BCUT2D eigenvalue weighted by Crippen LogP contribution is -2.40. The fraction of sp³-hybridized carbons (Fsp3) is 0.647. The van der Waals surface area contributed by atoms with Gasteiger partial charge in [-0.2, -0.15) is 0 Å². The fourth-order valence-electron chi connectivity index (χ4n) is 2.95. The molecule has 1 fully saturated rings. The van der Waals surface area contributed by atoms with E-state index in [1.165, 1.54) is 11.1 Å². The zero-order valence-electron chi connectivity index (χ0n) is 12.4. The molecule has 0 aliphatic heterocycles. The molecule has 0 radical (unpaired) electrons. The van der Waals surface area contributed by atoms with E-state index in [0.29, 0.717) is 12.5 Å². The van der Waals surface area contributed by atoms with Gasteiger partial charge < -0.3 is 10.8 Å². The van der Waals surface area contributed by atoms with Gasteiger partial charge in [-0.25, -0.2) is 0 Å². The average Bonchev–Trinajstić information content (AvgIpc) is 2.39. The molecule has 2 heteroatoms. The number of aliphatic hydroxyl groups is 1. The minimum absolute atomic E-state index is 0.213. The van der Waals surface area contributed by atoms with Crippen molar-refractivity contribution in [2.24, 2.45) is 5.73 Å². The van der Waals surface area contributed by atoms with E-state index in [0.717, 1.165) is 25.7 Å². The highest BCUT2D eigenvalue weighted by atomic mass is 16.3. The molecule has 19 heavy (non-hydrogen) atoms. The molecule has 2 rings (SSSR count). The van der Waals surface area contributed by atoms with Gasteiger partial charge in [0.25, 0.3) is 0 Å². The number of rotatable bonds is 2. The zero-order chi connectivity index (χ0) is 14.1. The summed E-state index contributed by atoms with van der Waals surface area (Å²) < 4.78 is 0. The van der Waals surface area contributed by atoms with Crippen LogP contribution in [0.4, 0.5) is 0 Å². The van der Waals surface area contributed by atoms with Crippen LogP contribution >= 0.6 is 0 Å². The van der Waals surface area contributed by atoms with Crippen molar-refractivity contribution in [2.45, 2.75) is 63.4 Å². The summed E-state index contributed by atoms with van der Waals surface area (Å²) in [6, 6.07) is 9.02. The zero-order valence-corrected chi connectivity index (χ0v) is 12.4. The molecule has 1 aromatic carbocycles. The third kappa shape index (κ3) is 3.37. The van der Waals surface area contributed by atoms with E-state index in [9.17, 15) is 5.11 Å². The first-order chi connectivity index (χ1) is 8.84. The second-order valence-corrected chi connectivity index (χ2v) is 7.07. The molecule has 1 aliphatic carbocycles. The van der Waals surface area contributed by atoms with E-state index in [1.54, 1.807) is 0 Å². The smallest absolute Gasteiger partial charge is 0.0769 e. The SMILES string of the molecule is CC(C)(C)c1ccc(C2CCC(O)(CN)CC2)cc1. The summed E-state index contributed by atoms with van der Waals surface area (Å²) in [6.45, 7) is 7.11. The molecule has 0 unspecified atom stereocenters. The van der Waals surface area contributed by atoms with Crippen molar-refractivity contribution in [1.29, 1.82) is 0 Å². The Bertz CT molecular complexity index is 408. The summed E-state index contributed by atoms with van der Waals surface area (Å²) in [5, 5.41) is 10.2. The van der Waals surface area contributed by atoms with Crippen molar-refractivity contribution in [3.8, 4) is 0 Å². The lowest BCUT2D eigenvalue weighted by Gasteiger charge is -2.35. The molecule has 0 saturated heterocycles. The Labute approximate surface area is 117 Å². The molecule has 0 amide bonds. The Kier molecular flexibility index (Phi) is 4.03. The van der Waals surface area contributed by atoms with Crippen LogP contribution in [0.15, 0.2) is 24.3 Å². The molecule has 0 atom stereocenters. The van der Waals surface area contributed by atoms with Crippen LogP contribution in [0.5, 0.6) is 0 Å². The minimum atomic E-state index is -0.609. The summed E-state index contributed by atoms with van der Waals surface area (Å²) in [6.07, 6.45) is 3.75. The first kappa shape index (κ1) is 14.5. The molecular formula is C17H27NO. The quantitative estimate of drug-likeness (QED) is 0.857. The summed E-state index contributed by atoms with van der Waals surface area (Å²) >= 11 is 0. The van der Waals surface area contributed by atoms with Gasteiger partial charge in [-0.3, -0.25) is 0 Å². The summed E-state index contributed by atoms with van der Waals surface area (Å²) in [5.74, 6) is 0.584. The summed E-state index contributed by atoms with van der Waals surface area (Å²) in [7, 11) is 0. The first-order valence-corrected chi connectivity index (χ1v) is 7.37. The lowest BCUT2D eigenvalue weighted by molar-refractivity contribution is 0.00767. The molecule has 0 bridgehead atoms. The predicted molar refractivity (Wildman–Crippen MR) is 80.4 cm³/mol. The Morgan fingerprint density at radius 2 is 1.68 bits per heavy atom. The van der Waals surface area contributed by atoms with Gasteiger partial charge in [0.2, 0.25) is 0 Å². The standard InChI is InChI=1S/C17H27NO/c1-16(2,3)15-6-4-13(5-7-15)14-8-10-17(19,12-18)11-9-14/h4-7,14,19H,8-12,18H2,1-3H3. The van der Waals surface area contributed by atoms with Crippen LogP contribution < -0.4 is 5.73 Å². The van der Waals surface area contributed by atoms with Crippen molar-refractivity contribution in [3.63, 3.8) is 0 Å². The monoisotopic (exact) mass is 261 g/mol. The number of benzene rings is 1. The van der Waals surface area contributed by atoms with Crippen molar-refractivity contribution in [2.75, 3.05) is 6.54 Å². The molecule has 106 valence electrons. The molecule has 0 spiro atoms. The van der Waals surface area contributed by atoms with Crippen LogP contribution in [-0.4, -0.2) is 17.3 Å². The number of nitrogens with two attached hydrogens (primary N) is 1. The third-order valence-electron chi connectivity index (χ3n) is 4.54. The van der Waals surface area contributed by atoms with E-state index in [2.05, 4.69) is 45.0 Å². The van der Waals surface area contributed by atoms with Gasteiger partial charge in [-0.05, 0) is 48.1 Å². The van der Waals surface area contributed by atoms with Gasteiger partial charge in [-0.15, -0.1) is 0 Å². The topological polar surface area (TPSA) is 46.2 Å². The van der Waals surface area contributed by atoms with Gasteiger partial charge in [0.05, 0.1) is 5.60 Å². The molecule has 0 aromatic heterocycles. The maximum atomic E-state index is 10.2. The molecule has 1 saturated carbocycles. The predicted octanol–water partition coefficient (Wildman–Crippen LogP) is 3.33. The third-order valence-corrected chi connectivity index (χ3v) is 4.54. The van der Waals surface area contributed by atoms with Gasteiger partial charge in [-0.1, -0.05) is 45.0 Å². The number of hydrogen-bond acceptors (Lipinski definition) is 2. The second-order valence-electron chi connectivity index (χ2n) is 7.07. The van der Waals surface area contributed by atoms with Crippen LogP contribution in [0.1, 0.15) is 63.5 Å². The van der Waals surface area contributed by atoms with Crippen molar-refractivity contribution < 1.29 is 5.11 Å².